The average molecular weight is 270 g/mol. The molecule has 0 aromatic heterocycles. The maximum absolute atomic E-state index is 3.84. The molecule has 3 unspecified atom stereocenters. The fourth-order valence-corrected chi connectivity index (χ4v) is 3.55. The van der Waals surface area contributed by atoms with E-state index in [2.05, 4.69) is 37.2 Å². The van der Waals surface area contributed by atoms with Gasteiger partial charge in [0, 0.05) is 29.9 Å². The van der Waals surface area contributed by atoms with E-state index >= 15 is 0 Å². The van der Waals surface area contributed by atoms with Crippen molar-refractivity contribution < 1.29 is 0 Å². The van der Waals surface area contributed by atoms with E-state index in [0.717, 1.165) is 17.2 Å². The molecule has 3 heteroatoms. The molecule has 106 valence electrons. The Balaban J connectivity index is 1.90. The summed E-state index contributed by atoms with van der Waals surface area (Å²) in [7, 11) is 0. The zero-order valence-corrected chi connectivity index (χ0v) is 13.4. The Morgan fingerprint density at radius 2 is 2.17 bits per heavy atom. The highest BCUT2D eigenvalue weighted by Gasteiger charge is 2.45. The van der Waals surface area contributed by atoms with E-state index in [1.807, 2.05) is 11.8 Å². The summed E-state index contributed by atoms with van der Waals surface area (Å²) >= 11 is 2.00. The van der Waals surface area contributed by atoms with Crippen LogP contribution in [-0.4, -0.2) is 47.6 Å². The van der Waals surface area contributed by atoms with Crippen LogP contribution in [0.15, 0.2) is 0 Å². The molecule has 0 spiro atoms. The Morgan fingerprint density at radius 1 is 1.44 bits per heavy atom. The molecule has 2 aliphatic rings. The molecule has 1 saturated heterocycles. The molecule has 18 heavy (non-hydrogen) atoms. The van der Waals surface area contributed by atoms with E-state index in [-0.39, 0.29) is 0 Å². The molecule has 0 amide bonds. The minimum atomic E-state index is 0.397. The van der Waals surface area contributed by atoms with E-state index in [0.29, 0.717) is 5.54 Å². The molecule has 1 aliphatic carbocycles. The van der Waals surface area contributed by atoms with Gasteiger partial charge >= 0.3 is 0 Å². The molecule has 1 heterocycles. The lowest BCUT2D eigenvalue weighted by atomic mass is 9.90. The van der Waals surface area contributed by atoms with E-state index in [1.165, 1.54) is 45.3 Å². The number of rotatable bonds is 6. The summed E-state index contributed by atoms with van der Waals surface area (Å²) in [6.45, 7) is 10.9. The Hall–Kier alpha value is 0.270. The van der Waals surface area contributed by atoms with Crippen LogP contribution < -0.4 is 5.32 Å². The van der Waals surface area contributed by atoms with Gasteiger partial charge in [0.2, 0.25) is 0 Å². The van der Waals surface area contributed by atoms with E-state index in [1.54, 1.807) is 0 Å². The second kappa shape index (κ2) is 6.15. The molecule has 1 aliphatic heterocycles. The third-order valence-corrected chi connectivity index (χ3v) is 6.00. The summed E-state index contributed by atoms with van der Waals surface area (Å²) in [5, 5.41) is 4.64. The monoisotopic (exact) mass is 270 g/mol. The van der Waals surface area contributed by atoms with E-state index in [4.69, 9.17) is 0 Å². The number of hydrogen-bond acceptors (Lipinski definition) is 3. The first kappa shape index (κ1) is 14.7. The molecular weight excluding hydrogens is 240 g/mol. The summed E-state index contributed by atoms with van der Waals surface area (Å²) < 4.78 is 0. The number of piperazine rings is 1. The first-order chi connectivity index (χ1) is 8.59. The van der Waals surface area contributed by atoms with Crippen molar-refractivity contribution in [3.8, 4) is 0 Å². The van der Waals surface area contributed by atoms with Crippen molar-refractivity contribution in [2.45, 2.75) is 63.3 Å². The summed E-state index contributed by atoms with van der Waals surface area (Å²) in [6, 6.07) is 0.755. The molecular formula is C15H30N2S. The second-order valence-corrected chi connectivity index (χ2v) is 7.72. The summed E-state index contributed by atoms with van der Waals surface area (Å²) in [6.07, 6.45) is 7.72. The highest BCUT2D eigenvalue weighted by Crippen LogP contribution is 2.41. The zero-order valence-electron chi connectivity index (χ0n) is 12.5. The predicted molar refractivity (Wildman–Crippen MR) is 82.4 cm³/mol. The number of nitrogens with zero attached hydrogens (tertiary/aromatic N) is 1. The second-order valence-electron chi connectivity index (χ2n) is 6.44. The lowest BCUT2D eigenvalue weighted by Crippen LogP contribution is -2.64. The van der Waals surface area contributed by atoms with Crippen LogP contribution in [0.3, 0.4) is 0 Å². The van der Waals surface area contributed by atoms with E-state index in [9.17, 15) is 0 Å². The minimum Gasteiger partial charge on any atom is -0.308 e. The van der Waals surface area contributed by atoms with Gasteiger partial charge in [-0.1, -0.05) is 13.8 Å². The van der Waals surface area contributed by atoms with Crippen LogP contribution in [0.5, 0.6) is 0 Å². The molecule has 0 aromatic carbocycles. The highest BCUT2D eigenvalue weighted by atomic mass is 32.2. The van der Waals surface area contributed by atoms with Gasteiger partial charge in [0.15, 0.2) is 0 Å². The largest absolute Gasteiger partial charge is 0.308 e. The molecule has 0 aromatic rings. The van der Waals surface area contributed by atoms with Crippen molar-refractivity contribution in [3.63, 3.8) is 0 Å². The van der Waals surface area contributed by atoms with Crippen LogP contribution in [0.2, 0.25) is 0 Å². The fourth-order valence-electron chi connectivity index (χ4n) is 3.21. The lowest BCUT2D eigenvalue weighted by Gasteiger charge is -2.47. The Labute approximate surface area is 117 Å². The first-order valence-corrected chi connectivity index (χ1v) is 8.89. The first-order valence-electron chi connectivity index (χ1n) is 7.61. The smallest absolute Gasteiger partial charge is 0.0309 e. The average Bonchev–Trinajstić information content (AvgIpc) is 3.20. The quantitative estimate of drug-likeness (QED) is 0.799. The normalized spacial score (nSPS) is 35.7. The number of nitrogens with one attached hydrogen (secondary N) is 1. The van der Waals surface area contributed by atoms with Crippen molar-refractivity contribution >= 4 is 11.8 Å². The van der Waals surface area contributed by atoms with Crippen LogP contribution in [0.1, 0.15) is 46.5 Å². The molecule has 0 bridgehead atoms. The minimum absolute atomic E-state index is 0.397. The van der Waals surface area contributed by atoms with Gasteiger partial charge in [-0.05, 0) is 51.3 Å². The topological polar surface area (TPSA) is 15.3 Å². The fraction of sp³-hybridized carbons (Fsp3) is 1.00. The summed E-state index contributed by atoms with van der Waals surface area (Å²) in [5.41, 5.74) is 0.397. The highest BCUT2D eigenvalue weighted by molar-refractivity contribution is 7.99. The van der Waals surface area contributed by atoms with E-state index < -0.39 is 0 Å². The Kier molecular flexibility index (Phi) is 5.01. The third-order valence-electron chi connectivity index (χ3n) is 4.96. The van der Waals surface area contributed by atoms with Crippen molar-refractivity contribution in [2.24, 2.45) is 5.92 Å². The summed E-state index contributed by atoms with van der Waals surface area (Å²) in [5.74, 6) is 0.941. The summed E-state index contributed by atoms with van der Waals surface area (Å²) in [4.78, 5) is 2.77. The van der Waals surface area contributed by atoms with Gasteiger partial charge in [-0.25, -0.2) is 0 Å². The molecule has 1 saturated carbocycles. The Morgan fingerprint density at radius 3 is 2.72 bits per heavy atom. The van der Waals surface area contributed by atoms with Gasteiger partial charge < -0.3 is 5.32 Å². The number of thioether (sulfide) groups is 1. The van der Waals surface area contributed by atoms with Crippen LogP contribution >= 0.6 is 11.8 Å². The van der Waals surface area contributed by atoms with Crippen molar-refractivity contribution in [1.29, 1.82) is 0 Å². The van der Waals surface area contributed by atoms with Gasteiger partial charge in [-0.15, -0.1) is 0 Å². The molecule has 2 nitrogen and oxygen atoms in total. The predicted octanol–water partition coefficient (Wildman–Crippen LogP) is 2.98. The van der Waals surface area contributed by atoms with Crippen LogP contribution in [0.25, 0.3) is 0 Å². The molecule has 2 fully saturated rings. The van der Waals surface area contributed by atoms with Gasteiger partial charge in [0.1, 0.15) is 0 Å². The van der Waals surface area contributed by atoms with Crippen LogP contribution in [0.4, 0.5) is 0 Å². The lowest BCUT2D eigenvalue weighted by molar-refractivity contribution is 0.0721. The van der Waals surface area contributed by atoms with Gasteiger partial charge in [0.25, 0.3) is 0 Å². The van der Waals surface area contributed by atoms with Gasteiger partial charge in [-0.3, -0.25) is 4.90 Å². The Bertz CT molecular complexity index is 267. The van der Waals surface area contributed by atoms with Crippen LogP contribution in [-0.2, 0) is 0 Å². The molecule has 2 rings (SSSR count). The van der Waals surface area contributed by atoms with Gasteiger partial charge in [0.05, 0.1) is 0 Å². The number of hydrogen-bond donors (Lipinski definition) is 1. The van der Waals surface area contributed by atoms with Crippen molar-refractivity contribution in [2.75, 3.05) is 25.9 Å². The standard InChI is InChI=1S/C15H30N2S/c1-5-14-10-16-15(3,13-6-7-13)11-17(14)9-8-12(2)18-4/h12-14,16H,5-11H2,1-4H3. The zero-order chi connectivity index (χ0) is 13.2. The SMILES string of the molecule is CCC1CNC(C)(C2CC2)CN1CCC(C)SC. The molecule has 0 radical (unpaired) electrons. The molecule has 1 N–H and O–H groups in total. The molecule has 3 atom stereocenters. The maximum atomic E-state index is 3.84. The van der Waals surface area contributed by atoms with Crippen molar-refractivity contribution in [1.82, 2.24) is 10.2 Å². The maximum Gasteiger partial charge on any atom is 0.0309 e. The van der Waals surface area contributed by atoms with Crippen molar-refractivity contribution in [3.05, 3.63) is 0 Å². The van der Waals surface area contributed by atoms with Crippen LogP contribution in [0, 0.1) is 5.92 Å². The van der Waals surface area contributed by atoms with Gasteiger partial charge in [-0.2, -0.15) is 11.8 Å². The third kappa shape index (κ3) is 3.43.